The van der Waals surface area contributed by atoms with E-state index in [-0.39, 0.29) is 17.4 Å². The third-order valence-electron chi connectivity index (χ3n) is 5.87. The van der Waals surface area contributed by atoms with E-state index in [4.69, 9.17) is 16.3 Å². The molecule has 1 heterocycles. The summed E-state index contributed by atoms with van der Waals surface area (Å²) in [7, 11) is 1.30. The highest BCUT2D eigenvalue weighted by Crippen LogP contribution is 2.26. The van der Waals surface area contributed by atoms with E-state index in [1.165, 1.54) is 23.4 Å². The lowest BCUT2D eigenvalue weighted by Gasteiger charge is -2.31. The Kier molecular flexibility index (Phi) is 6.54. The van der Waals surface area contributed by atoms with E-state index in [1.807, 2.05) is 0 Å². The summed E-state index contributed by atoms with van der Waals surface area (Å²) in [6.07, 6.45) is 1.60. The van der Waals surface area contributed by atoms with Gasteiger partial charge in [-0.25, -0.2) is 4.79 Å². The van der Waals surface area contributed by atoms with Gasteiger partial charge in [-0.05, 0) is 60.5 Å². The van der Waals surface area contributed by atoms with Crippen LogP contribution in [0.4, 0.5) is 5.69 Å². The minimum absolute atomic E-state index is 0.0250. The van der Waals surface area contributed by atoms with E-state index < -0.39 is 5.97 Å². The first-order chi connectivity index (χ1) is 15.0. The van der Waals surface area contributed by atoms with Crippen LogP contribution in [0.15, 0.2) is 60.7 Å². The van der Waals surface area contributed by atoms with Gasteiger partial charge in [-0.3, -0.25) is 9.69 Å². The Morgan fingerprint density at radius 2 is 1.81 bits per heavy atom. The zero-order chi connectivity index (χ0) is 21.8. The fourth-order valence-electron chi connectivity index (χ4n) is 4.14. The Labute approximate surface area is 186 Å². The molecule has 0 atom stereocenters. The smallest absolute Gasteiger partial charge is 0.339 e. The lowest BCUT2D eigenvalue weighted by Crippen LogP contribution is -2.37. The largest absolute Gasteiger partial charge is 0.465 e. The average Bonchev–Trinajstić information content (AvgIpc) is 2.80. The number of piperidine rings is 1. The van der Waals surface area contributed by atoms with E-state index in [1.54, 1.807) is 18.2 Å². The Hall–Kier alpha value is -2.89. The van der Waals surface area contributed by atoms with Gasteiger partial charge in [-0.1, -0.05) is 54.1 Å². The number of fused-ring (bicyclic) bond motifs is 1. The highest BCUT2D eigenvalue weighted by atomic mass is 35.5. The van der Waals surface area contributed by atoms with Crippen LogP contribution in [0.1, 0.15) is 28.8 Å². The van der Waals surface area contributed by atoms with Crippen LogP contribution in [0, 0.1) is 5.92 Å². The van der Waals surface area contributed by atoms with Crippen LogP contribution in [-0.2, 0) is 16.1 Å². The van der Waals surface area contributed by atoms with Crippen LogP contribution < -0.4 is 5.32 Å². The zero-order valence-electron chi connectivity index (χ0n) is 17.4. The molecule has 0 saturated carbocycles. The van der Waals surface area contributed by atoms with Crippen molar-refractivity contribution in [1.82, 2.24) is 4.90 Å². The summed E-state index contributed by atoms with van der Waals surface area (Å²) in [6, 6.07) is 19.7. The number of amides is 1. The van der Waals surface area contributed by atoms with Gasteiger partial charge in [0.15, 0.2) is 0 Å². The Bertz CT molecular complexity index is 1100. The number of likely N-dealkylation sites (tertiary alicyclic amines) is 1. The first-order valence-electron chi connectivity index (χ1n) is 10.4. The average molecular weight is 437 g/mol. The lowest BCUT2D eigenvalue weighted by atomic mass is 9.95. The van der Waals surface area contributed by atoms with Gasteiger partial charge >= 0.3 is 5.97 Å². The minimum Gasteiger partial charge on any atom is -0.465 e. The number of esters is 1. The Morgan fingerprint density at radius 3 is 2.58 bits per heavy atom. The SMILES string of the molecule is COC(=O)c1cc(NC(=O)C2CCN(Cc3cccc4ccccc34)CC2)ccc1Cl. The third-order valence-corrected chi connectivity index (χ3v) is 6.20. The number of anilines is 1. The highest BCUT2D eigenvalue weighted by molar-refractivity contribution is 6.33. The number of ether oxygens (including phenoxy) is 1. The molecular weight excluding hydrogens is 412 g/mol. The second-order valence-corrected chi connectivity index (χ2v) is 8.27. The van der Waals surface area contributed by atoms with Crippen LogP contribution in [0.2, 0.25) is 5.02 Å². The summed E-state index contributed by atoms with van der Waals surface area (Å²) in [5.41, 5.74) is 2.11. The molecule has 3 aromatic rings. The van der Waals surface area contributed by atoms with E-state index in [2.05, 4.69) is 52.7 Å². The van der Waals surface area contributed by atoms with Crippen LogP contribution in [0.25, 0.3) is 10.8 Å². The normalized spacial score (nSPS) is 15.0. The first kappa shape index (κ1) is 21.3. The molecule has 1 aliphatic heterocycles. The number of carbonyl (C=O) groups is 2. The quantitative estimate of drug-likeness (QED) is 0.563. The van der Waals surface area contributed by atoms with Crippen molar-refractivity contribution in [3.8, 4) is 0 Å². The maximum absolute atomic E-state index is 12.8. The van der Waals surface area contributed by atoms with E-state index in [0.717, 1.165) is 32.5 Å². The van der Waals surface area contributed by atoms with Crippen molar-refractivity contribution in [2.45, 2.75) is 19.4 Å². The Morgan fingerprint density at radius 1 is 1.06 bits per heavy atom. The van der Waals surface area contributed by atoms with Gasteiger partial charge in [-0.2, -0.15) is 0 Å². The topological polar surface area (TPSA) is 58.6 Å². The molecule has 3 aromatic carbocycles. The molecule has 5 nitrogen and oxygen atoms in total. The predicted molar refractivity (Wildman–Crippen MR) is 123 cm³/mol. The van der Waals surface area contributed by atoms with Crippen LogP contribution in [-0.4, -0.2) is 37.0 Å². The number of hydrogen-bond acceptors (Lipinski definition) is 4. The summed E-state index contributed by atoms with van der Waals surface area (Å²) in [6.45, 7) is 2.63. The summed E-state index contributed by atoms with van der Waals surface area (Å²) in [5, 5.41) is 5.76. The van der Waals surface area contributed by atoms with Crippen molar-refractivity contribution >= 4 is 39.9 Å². The molecule has 0 aliphatic carbocycles. The summed E-state index contributed by atoms with van der Waals surface area (Å²) < 4.78 is 4.74. The molecule has 1 amide bonds. The van der Waals surface area contributed by atoms with E-state index in [9.17, 15) is 9.59 Å². The molecule has 1 fully saturated rings. The first-order valence-corrected chi connectivity index (χ1v) is 10.8. The number of halogens is 1. The van der Waals surface area contributed by atoms with Crippen LogP contribution >= 0.6 is 11.6 Å². The molecule has 1 saturated heterocycles. The molecule has 0 aromatic heterocycles. The van der Waals surface area contributed by atoms with Crippen molar-refractivity contribution in [3.63, 3.8) is 0 Å². The number of methoxy groups -OCH3 is 1. The molecule has 6 heteroatoms. The van der Waals surface area contributed by atoms with Gasteiger partial charge < -0.3 is 10.1 Å². The molecule has 160 valence electrons. The third kappa shape index (κ3) is 4.89. The van der Waals surface area contributed by atoms with E-state index in [0.29, 0.717) is 10.7 Å². The van der Waals surface area contributed by atoms with Gasteiger partial charge in [0.1, 0.15) is 0 Å². The standard InChI is InChI=1S/C25H25ClN2O3/c1-31-25(30)22-15-20(9-10-23(22)26)27-24(29)18-11-13-28(14-12-18)16-19-7-4-6-17-5-2-3-8-21(17)19/h2-10,15,18H,11-14,16H2,1H3,(H,27,29). The molecule has 1 aliphatic rings. The molecule has 0 bridgehead atoms. The fraction of sp³-hybridized carbons (Fsp3) is 0.280. The Balaban J connectivity index is 1.35. The summed E-state index contributed by atoms with van der Waals surface area (Å²) in [4.78, 5) is 27.0. The van der Waals surface area contributed by atoms with Gasteiger partial charge in [-0.15, -0.1) is 0 Å². The van der Waals surface area contributed by atoms with Gasteiger partial charge in [0.2, 0.25) is 5.91 Å². The van der Waals surface area contributed by atoms with Crippen molar-refractivity contribution in [1.29, 1.82) is 0 Å². The molecular formula is C25H25ClN2O3. The van der Waals surface area contributed by atoms with Crippen molar-refractivity contribution in [2.24, 2.45) is 5.92 Å². The fourth-order valence-corrected chi connectivity index (χ4v) is 4.33. The van der Waals surface area contributed by atoms with Crippen molar-refractivity contribution in [3.05, 3.63) is 76.8 Å². The number of nitrogens with zero attached hydrogens (tertiary/aromatic N) is 1. The molecule has 0 spiro atoms. The summed E-state index contributed by atoms with van der Waals surface area (Å²) >= 11 is 6.05. The van der Waals surface area contributed by atoms with Crippen molar-refractivity contribution < 1.29 is 14.3 Å². The number of nitrogens with one attached hydrogen (secondary N) is 1. The predicted octanol–water partition coefficient (Wildman–Crippen LogP) is 5.13. The molecule has 0 radical (unpaired) electrons. The van der Waals surface area contributed by atoms with Gasteiger partial charge in [0.25, 0.3) is 0 Å². The number of hydrogen-bond donors (Lipinski definition) is 1. The molecule has 31 heavy (non-hydrogen) atoms. The van der Waals surface area contributed by atoms with Gasteiger partial charge in [0, 0.05) is 18.2 Å². The molecule has 4 rings (SSSR count). The number of carbonyl (C=O) groups excluding carboxylic acids is 2. The maximum Gasteiger partial charge on any atom is 0.339 e. The number of rotatable bonds is 5. The second-order valence-electron chi connectivity index (χ2n) is 7.86. The highest BCUT2D eigenvalue weighted by Gasteiger charge is 2.25. The second kappa shape index (κ2) is 9.50. The minimum atomic E-state index is -0.525. The lowest BCUT2D eigenvalue weighted by molar-refractivity contribution is -0.121. The van der Waals surface area contributed by atoms with Crippen molar-refractivity contribution in [2.75, 3.05) is 25.5 Å². The molecule has 1 N–H and O–H groups in total. The zero-order valence-corrected chi connectivity index (χ0v) is 18.2. The maximum atomic E-state index is 12.8. The number of benzene rings is 3. The monoisotopic (exact) mass is 436 g/mol. The summed E-state index contributed by atoms with van der Waals surface area (Å²) in [5.74, 6) is -0.605. The van der Waals surface area contributed by atoms with E-state index >= 15 is 0 Å². The van der Waals surface area contributed by atoms with Crippen LogP contribution in [0.5, 0.6) is 0 Å². The van der Waals surface area contributed by atoms with Gasteiger partial charge in [0.05, 0.1) is 17.7 Å². The van der Waals surface area contributed by atoms with Crippen LogP contribution in [0.3, 0.4) is 0 Å². The molecule has 0 unspecified atom stereocenters.